The van der Waals surface area contributed by atoms with Gasteiger partial charge in [-0.3, -0.25) is 0 Å². The largest absolute Gasteiger partial charge is 0.330 e. The molecule has 1 atom stereocenters. The van der Waals surface area contributed by atoms with Gasteiger partial charge in [0, 0.05) is 0 Å². The molecule has 2 N–H and O–H groups in total. The second kappa shape index (κ2) is 5.88. The highest BCUT2D eigenvalue weighted by molar-refractivity contribution is 5.27. The molecule has 1 aliphatic carbocycles. The lowest BCUT2D eigenvalue weighted by Crippen LogP contribution is -2.21. The number of hydrogen-bond donors (Lipinski definition) is 1. The van der Waals surface area contributed by atoms with Gasteiger partial charge in [0.1, 0.15) is 0 Å². The van der Waals surface area contributed by atoms with Crippen LogP contribution in [0.5, 0.6) is 0 Å². The van der Waals surface area contributed by atoms with Crippen molar-refractivity contribution in [3.05, 3.63) is 35.4 Å². The van der Waals surface area contributed by atoms with Gasteiger partial charge in [0.2, 0.25) is 0 Å². The van der Waals surface area contributed by atoms with Crippen molar-refractivity contribution in [1.82, 2.24) is 0 Å². The summed E-state index contributed by atoms with van der Waals surface area (Å²) >= 11 is 0. The topological polar surface area (TPSA) is 26.0 Å². The third kappa shape index (κ3) is 3.58. The molecule has 0 radical (unpaired) electrons. The van der Waals surface area contributed by atoms with E-state index in [0.717, 1.165) is 25.3 Å². The normalized spacial score (nSPS) is 22.9. The van der Waals surface area contributed by atoms with Crippen molar-refractivity contribution < 1.29 is 0 Å². The fourth-order valence-electron chi connectivity index (χ4n) is 3.29. The van der Waals surface area contributed by atoms with E-state index in [2.05, 4.69) is 38.1 Å². The lowest BCUT2D eigenvalue weighted by atomic mass is 9.70. The monoisotopic (exact) mass is 245 g/mol. The van der Waals surface area contributed by atoms with Gasteiger partial charge in [-0.25, -0.2) is 0 Å². The van der Waals surface area contributed by atoms with Gasteiger partial charge in [-0.2, -0.15) is 0 Å². The highest BCUT2D eigenvalue weighted by atomic mass is 14.5. The van der Waals surface area contributed by atoms with Crippen LogP contribution in [-0.4, -0.2) is 6.54 Å². The molecular formula is C17H27N. The molecule has 0 aliphatic heterocycles. The van der Waals surface area contributed by atoms with E-state index in [9.17, 15) is 0 Å². The minimum Gasteiger partial charge on any atom is -0.330 e. The summed E-state index contributed by atoms with van der Waals surface area (Å²) < 4.78 is 0. The molecule has 0 aromatic heterocycles. The van der Waals surface area contributed by atoms with Crippen molar-refractivity contribution in [3.8, 4) is 0 Å². The van der Waals surface area contributed by atoms with Crippen molar-refractivity contribution in [1.29, 1.82) is 0 Å². The maximum atomic E-state index is 5.59. The highest BCUT2D eigenvalue weighted by Crippen LogP contribution is 2.43. The predicted molar refractivity (Wildman–Crippen MR) is 78.8 cm³/mol. The van der Waals surface area contributed by atoms with Gasteiger partial charge in [-0.05, 0) is 61.1 Å². The molecule has 1 aromatic carbocycles. The number of rotatable bonds is 4. The molecule has 1 unspecified atom stereocenters. The zero-order chi connectivity index (χ0) is 13.0. The van der Waals surface area contributed by atoms with Gasteiger partial charge in [0.25, 0.3) is 0 Å². The fraction of sp³-hybridized carbons (Fsp3) is 0.647. The second-order valence-corrected chi connectivity index (χ2v) is 6.59. The minimum absolute atomic E-state index is 0.524. The van der Waals surface area contributed by atoms with Gasteiger partial charge < -0.3 is 5.73 Å². The van der Waals surface area contributed by atoms with Gasteiger partial charge >= 0.3 is 0 Å². The zero-order valence-electron chi connectivity index (χ0n) is 11.9. The molecule has 0 amide bonds. The minimum atomic E-state index is 0.524. The van der Waals surface area contributed by atoms with Crippen molar-refractivity contribution in [2.24, 2.45) is 11.1 Å². The summed E-state index contributed by atoms with van der Waals surface area (Å²) in [6, 6.07) is 9.20. The smallest absolute Gasteiger partial charge is 0.00741 e. The SMILES string of the molecule is CC1(C)CCCC(c2cccc(CCCN)c2)C1. The summed E-state index contributed by atoms with van der Waals surface area (Å²) in [6.07, 6.45) is 7.69. The molecule has 1 aliphatic rings. The first kappa shape index (κ1) is 13.6. The van der Waals surface area contributed by atoms with Crippen molar-refractivity contribution in [2.45, 2.75) is 58.3 Å². The number of nitrogens with two attached hydrogens (primary N) is 1. The molecule has 1 heteroatoms. The fourth-order valence-corrected chi connectivity index (χ4v) is 3.29. The maximum absolute atomic E-state index is 5.59. The average molecular weight is 245 g/mol. The Kier molecular flexibility index (Phi) is 4.45. The van der Waals surface area contributed by atoms with Crippen LogP contribution in [0.15, 0.2) is 24.3 Å². The van der Waals surface area contributed by atoms with Crippen LogP contribution >= 0.6 is 0 Å². The van der Waals surface area contributed by atoms with Crippen LogP contribution in [0.3, 0.4) is 0 Å². The van der Waals surface area contributed by atoms with E-state index >= 15 is 0 Å². The van der Waals surface area contributed by atoms with Gasteiger partial charge in [-0.1, -0.05) is 44.5 Å². The quantitative estimate of drug-likeness (QED) is 0.842. The Hall–Kier alpha value is -0.820. The van der Waals surface area contributed by atoms with Gasteiger partial charge in [-0.15, -0.1) is 0 Å². The van der Waals surface area contributed by atoms with Crippen LogP contribution in [0.1, 0.15) is 63.0 Å². The molecule has 18 heavy (non-hydrogen) atoms. The number of aryl methyl sites for hydroxylation is 1. The molecule has 1 fully saturated rings. The molecule has 100 valence electrons. The van der Waals surface area contributed by atoms with Crippen LogP contribution in [0.25, 0.3) is 0 Å². The predicted octanol–water partition coefficient (Wildman–Crippen LogP) is 4.26. The molecule has 1 aromatic rings. The number of hydrogen-bond acceptors (Lipinski definition) is 1. The zero-order valence-corrected chi connectivity index (χ0v) is 11.9. The van der Waals surface area contributed by atoms with Crippen LogP contribution in [0.4, 0.5) is 0 Å². The Bertz CT molecular complexity index is 381. The molecule has 0 bridgehead atoms. The van der Waals surface area contributed by atoms with Crippen LogP contribution in [0.2, 0.25) is 0 Å². The molecule has 2 rings (SSSR count). The van der Waals surface area contributed by atoms with E-state index in [1.807, 2.05) is 0 Å². The van der Waals surface area contributed by atoms with Gasteiger partial charge in [0.05, 0.1) is 0 Å². The lowest BCUT2D eigenvalue weighted by molar-refractivity contribution is 0.219. The summed E-state index contributed by atoms with van der Waals surface area (Å²) in [5.74, 6) is 0.770. The van der Waals surface area contributed by atoms with Crippen molar-refractivity contribution in [3.63, 3.8) is 0 Å². The van der Waals surface area contributed by atoms with Crippen LogP contribution in [-0.2, 0) is 6.42 Å². The van der Waals surface area contributed by atoms with E-state index in [4.69, 9.17) is 5.73 Å². The van der Waals surface area contributed by atoms with Crippen molar-refractivity contribution >= 4 is 0 Å². The molecule has 1 saturated carbocycles. The Morgan fingerprint density at radius 2 is 2.17 bits per heavy atom. The first-order valence-electron chi connectivity index (χ1n) is 7.40. The Labute approximate surface area is 112 Å². The second-order valence-electron chi connectivity index (χ2n) is 6.59. The Morgan fingerprint density at radius 3 is 2.89 bits per heavy atom. The summed E-state index contributed by atoms with van der Waals surface area (Å²) in [6.45, 7) is 5.62. The molecule has 1 nitrogen and oxygen atoms in total. The molecule has 0 heterocycles. The van der Waals surface area contributed by atoms with E-state index in [0.29, 0.717) is 5.41 Å². The third-order valence-electron chi connectivity index (χ3n) is 4.30. The van der Waals surface area contributed by atoms with E-state index in [-0.39, 0.29) is 0 Å². The average Bonchev–Trinajstić information content (AvgIpc) is 2.35. The van der Waals surface area contributed by atoms with Crippen LogP contribution in [0, 0.1) is 5.41 Å². The molecule has 0 spiro atoms. The first-order chi connectivity index (χ1) is 8.61. The van der Waals surface area contributed by atoms with Crippen LogP contribution < -0.4 is 5.73 Å². The molecular weight excluding hydrogens is 218 g/mol. The van der Waals surface area contributed by atoms with Gasteiger partial charge in [0.15, 0.2) is 0 Å². The summed E-state index contributed by atoms with van der Waals surface area (Å²) in [4.78, 5) is 0. The maximum Gasteiger partial charge on any atom is -0.00741 e. The molecule has 0 saturated heterocycles. The first-order valence-corrected chi connectivity index (χ1v) is 7.40. The highest BCUT2D eigenvalue weighted by Gasteiger charge is 2.28. The van der Waals surface area contributed by atoms with Crippen molar-refractivity contribution in [2.75, 3.05) is 6.54 Å². The Morgan fingerprint density at radius 1 is 1.33 bits per heavy atom. The lowest BCUT2D eigenvalue weighted by Gasteiger charge is -2.35. The third-order valence-corrected chi connectivity index (χ3v) is 4.30. The standard InChI is InChI=1S/C17H27N/c1-17(2)10-4-9-16(13-17)15-8-3-6-14(12-15)7-5-11-18/h3,6,8,12,16H,4-5,7,9-11,13,18H2,1-2H3. The summed E-state index contributed by atoms with van der Waals surface area (Å²) in [5, 5.41) is 0. The van der Waals surface area contributed by atoms with E-state index < -0.39 is 0 Å². The summed E-state index contributed by atoms with van der Waals surface area (Å²) in [7, 11) is 0. The summed E-state index contributed by atoms with van der Waals surface area (Å²) in [5.41, 5.74) is 9.13. The van der Waals surface area contributed by atoms with E-state index in [1.165, 1.54) is 31.2 Å². The van der Waals surface area contributed by atoms with E-state index in [1.54, 1.807) is 5.56 Å². The Balaban J connectivity index is 2.07. The number of benzene rings is 1.